The van der Waals surface area contributed by atoms with Gasteiger partial charge in [-0.25, -0.2) is 9.78 Å². The van der Waals surface area contributed by atoms with E-state index in [0.29, 0.717) is 49.0 Å². The first kappa shape index (κ1) is 34.3. The maximum Gasteiger partial charge on any atom is 0.315 e. The van der Waals surface area contributed by atoms with Gasteiger partial charge in [0.05, 0.1) is 18.4 Å². The van der Waals surface area contributed by atoms with Crippen molar-refractivity contribution in [3.63, 3.8) is 0 Å². The van der Waals surface area contributed by atoms with E-state index in [-0.39, 0.29) is 35.9 Å². The smallest absolute Gasteiger partial charge is 0.315 e. The maximum atomic E-state index is 12.8. The molecule has 0 radical (unpaired) electrons. The fourth-order valence-corrected chi connectivity index (χ4v) is 8.06. The summed E-state index contributed by atoms with van der Waals surface area (Å²) in [5.41, 5.74) is 3.39. The van der Waals surface area contributed by atoms with Gasteiger partial charge in [-0.3, -0.25) is 4.79 Å². The molecule has 0 spiro atoms. The van der Waals surface area contributed by atoms with Crippen LogP contribution < -0.4 is 31.5 Å². The highest BCUT2D eigenvalue weighted by Crippen LogP contribution is 2.36. The zero-order chi connectivity index (χ0) is 35.6. The lowest BCUT2D eigenvalue weighted by molar-refractivity contribution is -0.129. The first-order valence-corrected chi connectivity index (χ1v) is 18.7. The van der Waals surface area contributed by atoms with Crippen molar-refractivity contribution in [3.8, 4) is 0 Å². The molecule has 4 aliphatic rings. The number of aliphatic hydroxyl groups is 2. The van der Waals surface area contributed by atoms with Crippen molar-refractivity contribution in [3.05, 3.63) is 78.1 Å². The Hall–Kier alpha value is -4.79. The van der Waals surface area contributed by atoms with Crippen LogP contribution in [0.2, 0.25) is 0 Å². The highest BCUT2D eigenvalue weighted by Gasteiger charge is 2.45. The van der Waals surface area contributed by atoms with Crippen LogP contribution in [0.1, 0.15) is 61.6 Å². The molecule has 14 nitrogen and oxygen atoms in total. The molecule has 0 unspecified atom stereocenters. The molecule has 4 aromatic rings. The number of amides is 3. The minimum absolute atomic E-state index is 0.0263. The van der Waals surface area contributed by atoms with Gasteiger partial charge in [0.25, 0.3) is 0 Å². The molecule has 2 saturated carbocycles. The standard InChI is InChI=1S/C38H48N10O4/c49-32-29(44-36(51)25-12-7-13-25)18-30(33(32)50)48-22-41-31-34(40-20-28(23-8-3-1-4-9-23)24-10-5-2-6-11-24)45-37(46-35(31)48)47-17-15-27(21-47)43-38(52)42-26-14-16-39-19-26/h1-6,8-11,22,25-30,32-33,39,49-50H,7,12-21H2,(H,44,51)(H,40,45,46)(H2,42,43,52)/t26-,27-,29+,30-,32-,33+/m1/s1. The average molecular weight is 709 g/mol. The number of carbonyl (C=O) groups is 2. The van der Waals surface area contributed by atoms with E-state index < -0.39 is 24.3 Å². The lowest BCUT2D eigenvalue weighted by atomic mass is 9.84. The lowest BCUT2D eigenvalue weighted by Gasteiger charge is -2.27. The van der Waals surface area contributed by atoms with E-state index in [1.54, 1.807) is 6.33 Å². The minimum atomic E-state index is -1.13. The number of aliphatic hydroxyl groups excluding tert-OH is 2. The molecule has 4 fully saturated rings. The first-order chi connectivity index (χ1) is 25.4. The molecule has 4 heterocycles. The van der Waals surface area contributed by atoms with Gasteiger partial charge in [-0.1, -0.05) is 67.1 Å². The Morgan fingerprint density at radius 2 is 1.62 bits per heavy atom. The summed E-state index contributed by atoms with van der Waals surface area (Å²) in [4.78, 5) is 42.4. The molecule has 52 heavy (non-hydrogen) atoms. The van der Waals surface area contributed by atoms with Crippen LogP contribution in [0.15, 0.2) is 67.0 Å². The van der Waals surface area contributed by atoms with Crippen molar-refractivity contribution in [1.29, 1.82) is 0 Å². The van der Waals surface area contributed by atoms with E-state index in [9.17, 15) is 19.8 Å². The van der Waals surface area contributed by atoms with Gasteiger partial charge in [-0.15, -0.1) is 0 Å². The summed E-state index contributed by atoms with van der Waals surface area (Å²) in [5.74, 6) is 0.980. The second kappa shape index (κ2) is 15.1. The predicted octanol–water partition coefficient (Wildman–Crippen LogP) is 2.26. The van der Waals surface area contributed by atoms with Crippen LogP contribution in [0.5, 0.6) is 0 Å². The largest absolute Gasteiger partial charge is 0.388 e. The van der Waals surface area contributed by atoms with Crippen molar-refractivity contribution < 1.29 is 19.8 Å². The molecule has 6 atom stereocenters. The third-order valence-corrected chi connectivity index (χ3v) is 11.3. The van der Waals surface area contributed by atoms with E-state index in [4.69, 9.17) is 15.0 Å². The molecule has 274 valence electrons. The monoisotopic (exact) mass is 708 g/mol. The highest BCUT2D eigenvalue weighted by molar-refractivity contribution is 5.85. The Bertz CT molecular complexity index is 1810. The van der Waals surface area contributed by atoms with Crippen LogP contribution in [0.4, 0.5) is 16.6 Å². The Morgan fingerprint density at radius 3 is 2.29 bits per heavy atom. The van der Waals surface area contributed by atoms with E-state index in [2.05, 4.69) is 55.7 Å². The van der Waals surface area contributed by atoms with Crippen LogP contribution in [0, 0.1) is 5.92 Å². The van der Waals surface area contributed by atoms with Gasteiger partial charge in [-0.2, -0.15) is 9.97 Å². The van der Waals surface area contributed by atoms with Gasteiger partial charge in [-0.05, 0) is 49.8 Å². The van der Waals surface area contributed by atoms with Crippen LogP contribution in [-0.2, 0) is 4.79 Å². The summed E-state index contributed by atoms with van der Waals surface area (Å²) in [6, 6.07) is 19.4. The number of hydrogen-bond acceptors (Lipinski definition) is 10. The second-order valence-corrected chi connectivity index (χ2v) is 14.7. The molecule has 0 bridgehead atoms. The number of nitrogens with one attached hydrogen (secondary N) is 5. The summed E-state index contributed by atoms with van der Waals surface area (Å²) in [6.45, 7) is 3.39. The number of fused-ring (bicyclic) bond motifs is 1. The van der Waals surface area contributed by atoms with Crippen molar-refractivity contribution in [2.45, 2.75) is 80.8 Å². The number of carbonyl (C=O) groups excluding carboxylic acids is 2. The molecule has 2 aliphatic heterocycles. The number of nitrogens with zero attached hydrogens (tertiary/aromatic N) is 5. The number of benzene rings is 2. The van der Waals surface area contributed by atoms with Crippen LogP contribution in [0.3, 0.4) is 0 Å². The molecule has 2 aliphatic carbocycles. The number of urea groups is 1. The average Bonchev–Trinajstić information content (AvgIpc) is 3.95. The van der Waals surface area contributed by atoms with Crippen LogP contribution >= 0.6 is 0 Å². The summed E-state index contributed by atoms with van der Waals surface area (Å²) < 4.78 is 1.82. The van der Waals surface area contributed by atoms with Gasteiger partial charge < -0.3 is 46.3 Å². The van der Waals surface area contributed by atoms with Crippen LogP contribution in [-0.4, -0.2) is 105 Å². The molecule has 3 amide bonds. The molecule has 14 heteroatoms. The van der Waals surface area contributed by atoms with E-state index >= 15 is 0 Å². The third kappa shape index (κ3) is 7.14. The Kier molecular flexibility index (Phi) is 9.93. The normalized spacial score (nSPS) is 26.1. The molecule has 2 aromatic carbocycles. The number of rotatable bonds is 11. The number of hydrogen-bond donors (Lipinski definition) is 7. The summed E-state index contributed by atoms with van der Waals surface area (Å²) in [6.07, 6.45) is 4.12. The summed E-state index contributed by atoms with van der Waals surface area (Å²) >= 11 is 0. The van der Waals surface area contributed by atoms with Gasteiger partial charge in [0.2, 0.25) is 11.9 Å². The van der Waals surface area contributed by atoms with Crippen LogP contribution in [0.25, 0.3) is 11.2 Å². The van der Waals surface area contributed by atoms with E-state index in [1.165, 1.54) is 0 Å². The number of aromatic nitrogens is 4. The minimum Gasteiger partial charge on any atom is -0.388 e. The highest BCUT2D eigenvalue weighted by atomic mass is 16.3. The molecular formula is C38H48N10O4. The molecule has 8 rings (SSSR count). The predicted molar refractivity (Wildman–Crippen MR) is 197 cm³/mol. The fourth-order valence-electron chi connectivity index (χ4n) is 8.06. The van der Waals surface area contributed by atoms with Crippen molar-refractivity contribution in [1.82, 2.24) is 40.8 Å². The van der Waals surface area contributed by atoms with Gasteiger partial charge in [0.1, 0.15) is 12.2 Å². The van der Waals surface area contributed by atoms with E-state index in [0.717, 1.165) is 56.3 Å². The second-order valence-electron chi connectivity index (χ2n) is 14.7. The summed E-state index contributed by atoms with van der Waals surface area (Å²) in [7, 11) is 0. The maximum absolute atomic E-state index is 12.8. The Balaban J connectivity index is 1.08. The SMILES string of the molecule is O=C(N[C@@H]1CCNC1)N[C@@H]1CCN(c2nc(NCC(c3ccccc3)c3ccccc3)c3ncn([C@@H]4C[C@H](NC(=O)C5CCC5)[C@@H](O)[C@H]4O)c3n2)C1. The van der Waals surface area contributed by atoms with Gasteiger partial charge in [0.15, 0.2) is 17.0 Å². The van der Waals surface area contributed by atoms with Crippen molar-refractivity contribution >= 4 is 34.9 Å². The quantitative estimate of drug-likeness (QED) is 0.122. The number of imidazole rings is 1. The van der Waals surface area contributed by atoms with Crippen molar-refractivity contribution in [2.75, 3.05) is 42.9 Å². The molecule has 2 saturated heterocycles. The Morgan fingerprint density at radius 1 is 0.885 bits per heavy atom. The first-order valence-electron chi connectivity index (χ1n) is 18.7. The van der Waals surface area contributed by atoms with Crippen molar-refractivity contribution in [2.24, 2.45) is 5.92 Å². The van der Waals surface area contributed by atoms with E-state index in [1.807, 2.05) is 41.0 Å². The molecular weight excluding hydrogens is 660 g/mol. The topological polar surface area (TPSA) is 182 Å². The molecule has 2 aromatic heterocycles. The van der Waals surface area contributed by atoms with Gasteiger partial charge in [0, 0.05) is 50.1 Å². The third-order valence-electron chi connectivity index (χ3n) is 11.3. The zero-order valence-electron chi connectivity index (χ0n) is 29.2. The zero-order valence-corrected chi connectivity index (χ0v) is 29.2. The molecule has 7 N–H and O–H groups in total. The number of anilines is 2. The van der Waals surface area contributed by atoms with Gasteiger partial charge >= 0.3 is 6.03 Å². The lowest BCUT2D eigenvalue weighted by Crippen LogP contribution is -2.47. The summed E-state index contributed by atoms with van der Waals surface area (Å²) in [5, 5.41) is 38.4. The Labute approximate surface area is 302 Å². The fraction of sp³-hybridized carbons (Fsp3) is 0.500.